The monoisotopic (exact) mass is 279 g/mol. The molecule has 1 heterocycles. The van der Waals surface area contributed by atoms with Gasteiger partial charge < -0.3 is 10.1 Å². The number of benzene rings is 2. The van der Waals surface area contributed by atoms with Crippen LogP contribution in [0.15, 0.2) is 66.9 Å². The Bertz CT molecular complexity index is 707. The molecule has 0 fully saturated rings. The van der Waals surface area contributed by atoms with Crippen LogP contribution in [-0.2, 0) is 6.54 Å². The highest BCUT2D eigenvalue weighted by Crippen LogP contribution is 2.23. The highest BCUT2D eigenvalue weighted by Gasteiger charge is 2.03. The molecule has 0 spiro atoms. The lowest BCUT2D eigenvalue weighted by Crippen LogP contribution is -2.03. The van der Waals surface area contributed by atoms with Gasteiger partial charge >= 0.3 is 0 Å². The quantitative estimate of drug-likeness (QED) is 0.777. The number of ether oxygens (including phenoxy) is 1. The van der Waals surface area contributed by atoms with Gasteiger partial charge in [-0.2, -0.15) is 5.10 Å². The highest BCUT2D eigenvalue weighted by molar-refractivity contribution is 5.56. The van der Waals surface area contributed by atoms with E-state index in [1.54, 1.807) is 7.11 Å². The molecule has 4 nitrogen and oxygen atoms in total. The molecule has 4 heteroatoms. The Morgan fingerprint density at radius 1 is 1.00 bits per heavy atom. The van der Waals surface area contributed by atoms with Crippen LogP contribution in [0, 0.1) is 0 Å². The van der Waals surface area contributed by atoms with Crippen molar-refractivity contribution >= 4 is 5.69 Å². The maximum atomic E-state index is 5.32. The minimum atomic E-state index is 0.653. The standard InChI is InChI=1S/C17H17N3O/c1-21-17-10-6-5-9-16(17)18-13-14-11-12-20(19-14)15-7-3-2-4-8-15/h2-12,18H,13H2,1H3. The molecule has 1 aromatic heterocycles. The summed E-state index contributed by atoms with van der Waals surface area (Å²) >= 11 is 0. The fourth-order valence-electron chi connectivity index (χ4n) is 2.16. The van der Waals surface area contributed by atoms with E-state index in [2.05, 4.69) is 10.4 Å². The van der Waals surface area contributed by atoms with E-state index in [0.29, 0.717) is 6.54 Å². The van der Waals surface area contributed by atoms with Gasteiger partial charge in [0.2, 0.25) is 0 Å². The Morgan fingerprint density at radius 3 is 2.57 bits per heavy atom. The summed E-state index contributed by atoms with van der Waals surface area (Å²) in [6.07, 6.45) is 1.97. The van der Waals surface area contributed by atoms with Crippen molar-refractivity contribution in [1.29, 1.82) is 0 Å². The van der Waals surface area contributed by atoms with Crippen LogP contribution in [0.25, 0.3) is 5.69 Å². The van der Waals surface area contributed by atoms with Crippen LogP contribution in [0.3, 0.4) is 0 Å². The van der Waals surface area contributed by atoms with Crippen molar-refractivity contribution in [3.8, 4) is 11.4 Å². The molecular formula is C17H17N3O. The van der Waals surface area contributed by atoms with E-state index in [1.165, 1.54) is 0 Å². The lowest BCUT2D eigenvalue weighted by atomic mass is 10.3. The number of hydrogen-bond acceptors (Lipinski definition) is 3. The number of hydrogen-bond donors (Lipinski definition) is 1. The molecule has 3 rings (SSSR count). The van der Waals surface area contributed by atoms with E-state index in [4.69, 9.17) is 4.74 Å². The SMILES string of the molecule is COc1ccccc1NCc1ccn(-c2ccccc2)n1. The molecule has 0 aliphatic carbocycles. The Morgan fingerprint density at radius 2 is 1.76 bits per heavy atom. The van der Waals surface area contributed by atoms with Gasteiger partial charge in [-0.05, 0) is 30.3 Å². The number of rotatable bonds is 5. The van der Waals surface area contributed by atoms with Crippen molar-refractivity contribution in [1.82, 2.24) is 9.78 Å². The molecule has 1 N–H and O–H groups in total. The lowest BCUT2D eigenvalue weighted by molar-refractivity contribution is 0.416. The zero-order valence-electron chi connectivity index (χ0n) is 11.9. The summed E-state index contributed by atoms with van der Waals surface area (Å²) in [5, 5.41) is 7.91. The molecule has 3 aromatic rings. The van der Waals surface area contributed by atoms with Crippen LogP contribution in [0.4, 0.5) is 5.69 Å². The zero-order chi connectivity index (χ0) is 14.5. The molecule has 0 amide bonds. The number of methoxy groups -OCH3 is 1. The lowest BCUT2D eigenvalue weighted by Gasteiger charge is -2.09. The zero-order valence-corrected chi connectivity index (χ0v) is 11.9. The molecular weight excluding hydrogens is 262 g/mol. The van der Waals surface area contributed by atoms with Crippen LogP contribution >= 0.6 is 0 Å². The second-order valence-corrected chi connectivity index (χ2v) is 4.64. The van der Waals surface area contributed by atoms with Crippen molar-refractivity contribution in [2.24, 2.45) is 0 Å². The average molecular weight is 279 g/mol. The summed E-state index contributed by atoms with van der Waals surface area (Å²) in [6, 6.07) is 19.9. The maximum absolute atomic E-state index is 5.32. The van der Waals surface area contributed by atoms with Crippen LogP contribution < -0.4 is 10.1 Å². The first-order valence-electron chi connectivity index (χ1n) is 6.83. The first kappa shape index (κ1) is 13.2. The van der Waals surface area contributed by atoms with Gasteiger partial charge in [0.05, 0.1) is 30.7 Å². The molecule has 0 saturated heterocycles. The van der Waals surface area contributed by atoms with E-state index in [9.17, 15) is 0 Å². The van der Waals surface area contributed by atoms with E-state index in [1.807, 2.05) is 71.5 Å². The molecule has 106 valence electrons. The second kappa shape index (κ2) is 6.13. The van der Waals surface area contributed by atoms with Crippen LogP contribution in [0.2, 0.25) is 0 Å². The number of para-hydroxylation sites is 3. The Balaban J connectivity index is 1.71. The molecule has 0 saturated carbocycles. The summed E-state index contributed by atoms with van der Waals surface area (Å²) in [6.45, 7) is 0.653. The smallest absolute Gasteiger partial charge is 0.141 e. The molecule has 21 heavy (non-hydrogen) atoms. The third-order valence-electron chi connectivity index (χ3n) is 3.23. The van der Waals surface area contributed by atoms with Gasteiger partial charge in [-0.1, -0.05) is 30.3 Å². The van der Waals surface area contributed by atoms with Crippen molar-refractivity contribution in [2.75, 3.05) is 12.4 Å². The van der Waals surface area contributed by atoms with Crippen molar-refractivity contribution in [2.45, 2.75) is 6.54 Å². The van der Waals surface area contributed by atoms with E-state index in [-0.39, 0.29) is 0 Å². The topological polar surface area (TPSA) is 39.1 Å². The van der Waals surface area contributed by atoms with E-state index in [0.717, 1.165) is 22.8 Å². The molecule has 0 aliphatic rings. The molecule has 0 aliphatic heterocycles. The largest absolute Gasteiger partial charge is 0.495 e. The van der Waals surface area contributed by atoms with Crippen molar-refractivity contribution in [3.63, 3.8) is 0 Å². The fraction of sp³-hybridized carbons (Fsp3) is 0.118. The van der Waals surface area contributed by atoms with Crippen molar-refractivity contribution < 1.29 is 4.74 Å². The summed E-state index contributed by atoms with van der Waals surface area (Å²) in [5.74, 6) is 0.833. The second-order valence-electron chi connectivity index (χ2n) is 4.64. The molecule has 0 bridgehead atoms. The minimum Gasteiger partial charge on any atom is -0.495 e. The van der Waals surface area contributed by atoms with Crippen LogP contribution in [0.1, 0.15) is 5.69 Å². The summed E-state index contributed by atoms with van der Waals surface area (Å²) in [4.78, 5) is 0. The van der Waals surface area contributed by atoms with Gasteiger partial charge in [0.25, 0.3) is 0 Å². The average Bonchev–Trinajstić information content (AvgIpc) is 3.03. The van der Waals surface area contributed by atoms with Gasteiger partial charge in [-0.15, -0.1) is 0 Å². The van der Waals surface area contributed by atoms with Gasteiger partial charge in [0.15, 0.2) is 0 Å². The van der Waals surface area contributed by atoms with Gasteiger partial charge in [-0.3, -0.25) is 0 Å². The third-order valence-corrected chi connectivity index (χ3v) is 3.23. The van der Waals surface area contributed by atoms with Gasteiger partial charge in [-0.25, -0.2) is 4.68 Å². The predicted molar refractivity (Wildman–Crippen MR) is 83.9 cm³/mol. The first-order chi connectivity index (χ1) is 10.4. The number of nitrogens with one attached hydrogen (secondary N) is 1. The fourth-order valence-corrected chi connectivity index (χ4v) is 2.16. The number of anilines is 1. The van der Waals surface area contributed by atoms with Gasteiger partial charge in [0, 0.05) is 6.20 Å². The summed E-state index contributed by atoms with van der Waals surface area (Å²) < 4.78 is 7.19. The van der Waals surface area contributed by atoms with Crippen LogP contribution in [-0.4, -0.2) is 16.9 Å². The normalized spacial score (nSPS) is 10.3. The minimum absolute atomic E-state index is 0.653. The molecule has 0 radical (unpaired) electrons. The maximum Gasteiger partial charge on any atom is 0.141 e. The Kier molecular flexibility index (Phi) is 3.87. The van der Waals surface area contributed by atoms with Crippen molar-refractivity contribution in [3.05, 3.63) is 72.6 Å². The highest BCUT2D eigenvalue weighted by atomic mass is 16.5. The first-order valence-corrected chi connectivity index (χ1v) is 6.83. The third kappa shape index (κ3) is 3.05. The molecule has 0 atom stereocenters. The van der Waals surface area contributed by atoms with E-state index < -0.39 is 0 Å². The molecule has 2 aromatic carbocycles. The Labute approximate surface area is 124 Å². The predicted octanol–water partition coefficient (Wildman–Crippen LogP) is 3.49. The Hall–Kier alpha value is -2.75. The summed E-state index contributed by atoms with van der Waals surface area (Å²) in [7, 11) is 1.67. The van der Waals surface area contributed by atoms with E-state index >= 15 is 0 Å². The van der Waals surface area contributed by atoms with Crippen LogP contribution in [0.5, 0.6) is 5.75 Å². The number of nitrogens with zero attached hydrogens (tertiary/aromatic N) is 2. The van der Waals surface area contributed by atoms with Gasteiger partial charge in [0.1, 0.15) is 5.75 Å². The molecule has 0 unspecified atom stereocenters. The number of aromatic nitrogens is 2. The summed E-state index contributed by atoms with van der Waals surface area (Å²) in [5.41, 5.74) is 3.00.